The zero-order valence-corrected chi connectivity index (χ0v) is 10.6. The fraction of sp³-hybridized carbons (Fsp3) is 0.417. The molecule has 1 unspecified atom stereocenters. The Hall–Kier alpha value is -2.11. The molecule has 0 saturated heterocycles. The number of hydrogen-bond acceptors (Lipinski definition) is 3. The fourth-order valence-corrected chi connectivity index (χ4v) is 1.40. The summed E-state index contributed by atoms with van der Waals surface area (Å²) >= 11 is 0. The summed E-state index contributed by atoms with van der Waals surface area (Å²) in [7, 11) is 1.46. The minimum absolute atomic E-state index is 0.128. The Morgan fingerprint density at radius 3 is 2.56 bits per heavy atom. The van der Waals surface area contributed by atoms with E-state index in [0.717, 1.165) is 0 Å². The number of hydrogen-bond donors (Lipinski definition) is 2. The molecular weight excluding hydrogens is 236 g/mol. The number of carbonyl (C=O) groups excluding carboxylic acids is 1. The van der Waals surface area contributed by atoms with E-state index in [4.69, 9.17) is 5.11 Å². The molecule has 6 nitrogen and oxygen atoms in total. The van der Waals surface area contributed by atoms with Gasteiger partial charge in [-0.2, -0.15) is 0 Å². The Kier molecular flexibility index (Phi) is 3.90. The molecule has 0 aromatic carbocycles. The van der Waals surface area contributed by atoms with Crippen molar-refractivity contribution in [3.8, 4) is 0 Å². The predicted molar refractivity (Wildman–Crippen MR) is 65.5 cm³/mol. The molecule has 1 rings (SSSR count). The lowest BCUT2D eigenvalue weighted by molar-refractivity contribution is -0.143. The number of amides is 1. The number of aromatic nitrogens is 1. The highest BCUT2D eigenvalue weighted by atomic mass is 16.4. The SMILES string of the molecule is CCC(C)(NC(=O)c1cccc(=O)n1C)C(=O)O. The maximum Gasteiger partial charge on any atom is 0.329 e. The maximum absolute atomic E-state index is 12.0. The number of carboxylic acids is 1. The van der Waals surface area contributed by atoms with E-state index in [1.54, 1.807) is 6.92 Å². The summed E-state index contributed by atoms with van der Waals surface area (Å²) in [5.41, 5.74) is -1.54. The zero-order valence-electron chi connectivity index (χ0n) is 10.6. The van der Waals surface area contributed by atoms with Crippen LogP contribution >= 0.6 is 0 Å². The predicted octanol–water partition coefficient (Wildman–Crippen LogP) is 0.368. The smallest absolute Gasteiger partial charge is 0.329 e. The Morgan fingerprint density at radius 1 is 1.44 bits per heavy atom. The zero-order chi connectivity index (χ0) is 13.9. The molecule has 1 amide bonds. The van der Waals surface area contributed by atoms with Gasteiger partial charge in [-0.15, -0.1) is 0 Å². The third-order valence-corrected chi connectivity index (χ3v) is 2.99. The molecule has 0 saturated carbocycles. The normalized spacial score (nSPS) is 13.7. The Labute approximate surface area is 104 Å². The van der Waals surface area contributed by atoms with E-state index >= 15 is 0 Å². The molecule has 1 aromatic heterocycles. The molecule has 1 atom stereocenters. The van der Waals surface area contributed by atoms with Gasteiger partial charge >= 0.3 is 5.97 Å². The van der Waals surface area contributed by atoms with Crippen molar-refractivity contribution in [2.45, 2.75) is 25.8 Å². The van der Waals surface area contributed by atoms with Gasteiger partial charge in [-0.05, 0) is 19.4 Å². The molecule has 0 aliphatic heterocycles. The Balaban J connectivity index is 3.06. The van der Waals surface area contributed by atoms with Gasteiger partial charge < -0.3 is 15.0 Å². The standard InChI is InChI=1S/C12H16N2O4/c1-4-12(2,11(17)18)13-10(16)8-6-5-7-9(15)14(8)3/h5-7H,4H2,1-3H3,(H,13,16)(H,17,18). The number of carboxylic acid groups (broad SMARTS) is 1. The van der Waals surface area contributed by atoms with Gasteiger partial charge in [0.1, 0.15) is 11.2 Å². The van der Waals surface area contributed by atoms with Crippen LogP contribution in [-0.4, -0.2) is 27.1 Å². The van der Waals surface area contributed by atoms with E-state index in [0.29, 0.717) is 0 Å². The van der Waals surface area contributed by atoms with Crippen molar-refractivity contribution in [2.24, 2.45) is 7.05 Å². The highest BCUT2D eigenvalue weighted by Crippen LogP contribution is 2.10. The molecule has 1 aromatic rings. The van der Waals surface area contributed by atoms with E-state index in [1.165, 1.54) is 36.7 Å². The first kappa shape index (κ1) is 14.0. The van der Waals surface area contributed by atoms with Crippen molar-refractivity contribution in [3.05, 3.63) is 34.2 Å². The highest BCUT2D eigenvalue weighted by Gasteiger charge is 2.33. The lowest BCUT2D eigenvalue weighted by Crippen LogP contribution is -2.52. The summed E-state index contributed by atoms with van der Waals surface area (Å²) in [5, 5.41) is 11.5. The third kappa shape index (κ3) is 2.58. The van der Waals surface area contributed by atoms with Crippen molar-refractivity contribution < 1.29 is 14.7 Å². The van der Waals surface area contributed by atoms with Gasteiger partial charge in [0, 0.05) is 13.1 Å². The molecule has 6 heteroatoms. The van der Waals surface area contributed by atoms with Gasteiger partial charge in [-0.3, -0.25) is 9.59 Å². The van der Waals surface area contributed by atoms with Crippen LogP contribution in [0.5, 0.6) is 0 Å². The summed E-state index contributed by atoms with van der Waals surface area (Å²) in [6, 6.07) is 4.25. The van der Waals surface area contributed by atoms with Crippen molar-refractivity contribution in [1.29, 1.82) is 0 Å². The summed E-state index contributed by atoms with van der Waals surface area (Å²) in [6.45, 7) is 3.09. The van der Waals surface area contributed by atoms with Gasteiger partial charge in [-0.1, -0.05) is 13.0 Å². The second kappa shape index (κ2) is 5.03. The summed E-state index contributed by atoms with van der Waals surface area (Å²) in [4.78, 5) is 34.4. The number of rotatable bonds is 4. The van der Waals surface area contributed by atoms with Crippen LogP contribution < -0.4 is 10.9 Å². The van der Waals surface area contributed by atoms with E-state index in [9.17, 15) is 14.4 Å². The highest BCUT2D eigenvalue weighted by molar-refractivity contribution is 5.96. The lowest BCUT2D eigenvalue weighted by atomic mass is 9.99. The molecule has 0 radical (unpaired) electrons. The second-order valence-corrected chi connectivity index (χ2v) is 4.25. The molecule has 0 fully saturated rings. The van der Waals surface area contributed by atoms with Gasteiger partial charge in [-0.25, -0.2) is 4.79 Å². The van der Waals surface area contributed by atoms with E-state index in [2.05, 4.69) is 5.32 Å². The van der Waals surface area contributed by atoms with Crippen molar-refractivity contribution >= 4 is 11.9 Å². The largest absolute Gasteiger partial charge is 0.480 e. The van der Waals surface area contributed by atoms with Crippen LogP contribution in [0.1, 0.15) is 30.8 Å². The number of aliphatic carboxylic acids is 1. The van der Waals surface area contributed by atoms with Crippen molar-refractivity contribution in [2.75, 3.05) is 0 Å². The van der Waals surface area contributed by atoms with Crippen LogP contribution in [-0.2, 0) is 11.8 Å². The van der Waals surface area contributed by atoms with Crippen molar-refractivity contribution in [1.82, 2.24) is 9.88 Å². The van der Waals surface area contributed by atoms with Crippen LogP contribution in [0.2, 0.25) is 0 Å². The Bertz CT molecular complexity index is 535. The number of pyridine rings is 1. The van der Waals surface area contributed by atoms with Crippen LogP contribution in [0, 0.1) is 0 Å². The van der Waals surface area contributed by atoms with Crippen LogP contribution in [0.4, 0.5) is 0 Å². The van der Waals surface area contributed by atoms with E-state index in [1.807, 2.05) is 0 Å². The summed E-state index contributed by atoms with van der Waals surface area (Å²) in [5.74, 6) is -1.69. The summed E-state index contributed by atoms with van der Waals surface area (Å²) in [6.07, 6.45) is 0.245. The maximum atomic E-state index is 12.0. The second-order valence-electron chi connectivity index (χ2n) is 4.25. The lowest BCUT2D eigenvalue weighted by Gasteiger charge is -2.24. The average molecular weight is 252 g/mol. The molecule has 0 aliphatic rings. The molecule has 1 heterocycles. The van der Waals surface area contributed by atoms with Crippen LogP contribution in [0.15, 0.2) is 23.0 Å². The first-order chi connectivity index (χ1) is 8.31. The molecule has 0 aliphatic carbocycles. The fourth-order valence-electron chi connectivity index (χ4n) is 1.40. The third-order valence-electron chi connectivity index (χ3n) is 2.99. The monoisotopic (exact) mass is 252 g/mol. The average Bonchev–Trinajstić information content (AvgIpc) is 2.32. The molecule has 2 N–H and O–H groups in total. The van der Waals surface area contributed by atoms with Gasteiger partial charge in [0.15, 0.2) is 0 Å². The quantitative estimate of drug-likeness (QED) is 0.810. The van der Waals surface area contributed by atoms with Crippen molar-refractivity contribution in [3.63, 3.8) is 0 Å². The summed E-state index contributed by atoms with van der Waals surface area (Å²) < 4.78 is 1.17. The van der Waals surface area contributed by atoms with E-state index < -0.39 is 17.4 Å². The van der Waals surface area contributed by atoms with Gasteiger partial charge in [0.25, 0.3) is 11.5 Å². The molecule has 0 bridgehead atoms. The van der Waals surface area contributed by atoms with E-state index in [-0.39, 0.29) is 17.7 Å². The van der Waals surface area contributed by atoms with Gasteiger partial charge in [0.05, 0.1) is 0 Å². The molecule has 98 valence electrons. The molecule has 18 heavy (non-hydrogen) atoms. The first-order valence-electron chi connectivity index (χ1n) is 5.54. The van der Waals surface area contributed by atoms with Crippen LogP contribution in [0.3, 0.4) is 0 Å². The minimum Gasteiger partial charge on any atom is -0.480 e. The minimum atomic E-state index is -1.34. The number of nitrogens with one attached hydrogen (secondary N) is 1. The van der Waals surface area contributed by atoms with Crippen LogP contribution in [0.25, 0.3) is 0 Å². The molecular formula is C12H16N2O4. The topological polar surface area (TPSA) is 88.4 Å². The number of carbonyl (C=O) groups is 2. The first-order valence-corrected chi connectivity index (χ1v) is 5.54. The Morgan fingerprint density at radius 2 is 2.06 bits per heavy atom. The number of nitrogens with zero attached hydrogens (tertiary/aromatic N) is 1. The van der Waals surface area contributed by atoms with Gasteiger partial charge in [0.2, 0.25) is 0 Å². The molecule has 0 spiro atoms.